The molecule has 2 aromatic rings. The highest BCUT2D eigenvalue weighted by Crippen LogP contribution is 2.14. The Morgan fingerprint density at radius 1 is 0.962 bits per heavy atom. The lowest BCUT2D eigenvalue weighted by molar-refractivity contribution is 0.158. The Hall–Kier alpha value is -1.96. The molecule has 1 aliphatic heterocycles. The second-order valence-corrected chi connectivity index (χ2v) is 8.26. The summed E-state index contributed by atoms with van der Waals surface area (Å²) in [6.07, 6.45) is 0. The third kappa shape index (κ3) is 5.27. The summed E-state index contributed by atoms with van der Waals surface area (Å²) < 4.78 is 45.3. The van der Waals surface area contributed by atoms with Gasteiger partial charge in [-0.3, -0.25) is 4.90 Å². The first kappa shape index (κ1) is 18.8. The topological polar surface area (TPSA) is 49.9 Å². The smallest absolute Gasteiger partial charge is 0.218 e. The SMILES string of the molecule is O=S(=O)(Cc1ccccc1)N1CCN(CCOc2cccc(F)c2)CC1. The molecule has 0 aromatic heterocycles. The van der Waals surface area contributed by atoms with E-state index in [1.54, 1.807) is 16.4 Å². The van der Waals surface area contributed by atoms with Crippen molar-refractivity contribution in [2.45, 2.75) is 5.75 Å². The Labute approximate surface area is 154 Å². The first-order valence-electron chi connectivity index (χ1n) is 8.65. The van der Waals surface area contributed by atoms with Crippen LogP contribution in [0.5, 0.6) is 5.75 Å². The van der Waals surface area contributed by atoms with Crippen molar-refractivity contribution in [1.82, 2.24) is 9.21 Å². The van der Waals surface area contributed by atoms with Gasteiger partial charge in [0.05, 0.1) is 5.75 Å². The lowest BCUT2D eigenvalue weighted by Gasteiger charge is -2.33. The predicted octanol–water partition coefficient (Wildman–Crippen LogP) is 2.35. The molecule has 2 aromatic carbocycles. The van der Waals surface area contributed by atoms with Crippen molar-refractivity contribution < 1.29 is 17.5 Å². The number of sulfonamides is 1. The van der Waals surface area contributed by atoms with Crippen molar-refractivity contribution in [2.75, 3.05) is 39.3 Å². The molecule has 1 aliphatic rings. The summed E-state index contributed by atoms with van der Waals surface area (Å²) in [5, 5.41) is 0. The molecule has 0 unspecified atom stereocenters. The van der Waals surface area contributed by atoms with Crippen LogP contribution < -0.4 is 4.74 Å². The minimum Gasteiger partial charge on any atom is -0.492 e. The molecule has 3 rings (SSSR count). The zero-order chi connectivity index (χ0) is 18.4. The summed E-state index contributed by atoms with van der Waals surface area (Å²) in [6, 6.07) is 15.3. The number of halogens is 1. The number of hydrogen-bond donors (Lipinski definition) is 0. The molecule has 0 saturated carbocycles. The molecule has 0 radical (unpaired) electrons. The van der Waals surface area contributed by atoms with E-state index in [1.165, 1.54) is 12.1 Å². The fourth-order valence-electron chi connectivity index (χ4n) is 2.96. The molecule has 0 aliphatic carbocycles. The Morgan fingerprint density at radius 3 is 2.38 bits per heavy atom. The maximum absolute atomic E-state index is 13.1. The van der Waals surface area contributed by atoms with Crippen molar-refractivity contribution in [1.29, 1.82) is 0 Å². The molecule has 0 spiro atoms. The zero-order valence-corrected chi connectivity index (χ0v) is 15.4. The summed E-state index contributed by atoms with van der Waals surface area (Å²) in [4.78, 5) is 2.16. The van der Waals surface area contributed by atoms with Crippen molar-refractivity contribution in [3.63, 3.8) is 0 Å². The van der Waals surface area contributed by atoms with E-state index in [0.717, 1.165) is 5.56 Å². The normalized spacial score (nSPS) is 16.5. The summed E-state index contributed by atoms with van der Waals surface area (Å²) in [6.45, 7) is 3.43. The first-order chi connectivity index (χ1) is 12.5. The predicted molar refractivity (Wildman–Crippen MR) is 99.0 cm³/mol. The van der Waals surface area contributed by atoms with Crippen molar-refractivity contribution in [3.05, 3.63) is 66.0 Å². The van der Waals surface area contributed by atoms with Crippen LogP contribution in [-0.4, -0.2) is 57.0 Å². The van der Waals surface area contributed by atoms with Crippen LogP contribution in [0.15, 0.2) is 54.6 Å². The van der Waals surface area contributed by atoms with E-state index in [-0.39, 0.29) is 11.6 Å². The highest BCUT2D eigenvalue weighted by atomic mass is 32.2. The van der Waals surface area contributed by atoms with E-state index in [1.807, 2.05) is 30.3 Å². The van der Waals surface area contributed by atoms with Gasteiger partial charge in [0.2, 0.25) is 10.0 Å². The molecule has 140 valence electrons. The number of rotatable bonds is 7. The number of nitrogens with zero attached hydrogens (tertiary/aromatic N) is 2. The molecule has 5 nitrogen and oxygen atoms in total. The second-order valence-electron chi connectivity index (χ2n) is 6.29. The van der Waals surface area contributed by atoms with Crippen molar-refractivity contribution in [2.24, 2.45) is 0 Å². The highest BCUT2D eigenvalue weighted by molar-refractivity contribution is 7.88. The quantitative estimate of drug-likeness (QED) is 0.742. The van der Waals surface area contributed by atoms with Gasteiger partial charge in [-0.05, 0) is 17.7 Å². The van der Waals surface area contributed by atoms with E-state index < -0.39 is 10.0 Å². The Morgan fingerprint density at radius 2 is 1.69 bits per heavy atom. The van der Waals surface area contributed by atoms with Gasteiger partial charge in [0, 0.05) is 38.8 Å². The first-order valence-corrected chi connectivity index (χ1v) is 10.3. The second kappa shape index (κ2) is 8.62. The maximum atomic E-state index is 13.1. The molecule has 0 amide bonds. The van der Waals surface area contributed by atoms with Crippen LogP contribution in [0.3, 0.4) is 0 Å². The van der Waals surface area contributed by atoms with Gasteiger partial charge in [-0.2, -0.15) is 4.31 Å². The average Bonchev–Trinajstić information content (AvgIpc) is 2.63. The maximum Gasteiger partial charge on any atom is 0.218 e. The molecule has 0 bridgehead atoms. The number of ether oxygens (including phenoxy) is 1. The molecule has 7 heteroatoms. The molecule has 1 saturated heterocycles. The van der Waals surface area contributed by atoms with Crippen LogP contribution in [-0.2, 0) is 15.8 Å². The highest BCUT2D eigenvalue weighted by Gasteiger charge is 2.26. The molecular formula is C19H23FN2O3S. The van der Waals surface area contributed by atoms with Crippen LogP contribution in [0.1, 0.15) is 5.56 Å². The van der Waals surface area contributed by atoms with Gasteiger partial charge < -0.3 is 4.74 Å². The van der Waals surface area contributed by atoms with Gasteiger partial charge in [0.1, 0.15) is 18.2 Å². The zero-order valence-electron chi connectivity index (χ0n) is 14.6. The van der Waals surface area contributed by atoms with E-state index in [4.69, 9.17) is 4.74 Å². The van der Waals surface area contributed by atoms with E-state index in [9.17, 15) is 12.8 Å². The minimum atomic E-state index is -3.29. The van der Waals surface area contributed by atoms with E-state index in [0.29, 0.717) is 45.1 Å². The van der Waals surface area contributed by atoms with Gasteiger partial charge in [0.25, 0.3) is 0 Å². The molecular weight excluding hydrogens is 355 g/mol. The molecule has 0 atom stereocenters. The van der Waals surface area contributed by atoms with Gasteiger partial charge in [-0.1, -0.05) is 36.4 Å². The largest absolute Gasteiger partial charge is 0.492 e. The number of piperazine rings is 1. The molecule has 26 heavy (non-hydrogen) atoms. The standard InChI is InChI=1S/C19H23FN2O3S/c20-18-7-4-8-19(15-18)25-14-13-21-9-11-22(12-10-21)26(23,24)16-17-5-2-1-3-6-17/h1-8,15H,9-14,16H2. The van der Waals surface area contributed by atoms with Crippen LogP contribution in [0.2, 0.25) is 0 Å². The lowest BCUT2D eigenvalue weighted by Crippen LogP contribution is -2.49. The monoisotopic (exact) mass is 378 g/mol. The minimum absolute atomic E-state index is 0.0382. The Kier molecular flexibility index (Phi) is 6.24. The number of hydrogen-bond acceptors (Lipinski definition) is 4. The van der Waals surface area contributed by atoms with Gasteiger partial charge >= 0.3 is 0 Å². The Bertz CT molecular complexity index is 807. The van der Waals surface area contributed by atoms with E-state index in [2.05, 4.69) is 4.90 Å². The third-order valence-corrected chi connectivity index (χ3v) is 6.24. The van der Waals surface area contributed by atoms with Gasteiger partial charge in [-0.15, -0.1) is 0 Å². The van der Waals surface area contributed by atoms with Crippen LogP contribution in [0, 0.1) is 5.82 Å². The average molecular weight is 378 g/mol. The fourth-order valence-corrected chi connectivity index (χ4v) is 4.47. The van der Waals surface area contributed by atoms with Gasteiger partial charge in [-0.25, -0.2) is 12.8 Å². The van der Waals surface area contributed by atoms with Crippen LogP contribution in [0.4, 0.5) is 4.39 Å². The summed E-state index contributed by atoms with van der Waals surface area (Å²) in [7, 11) is -3.29. The lowest BCUT2D eigenvalue weighted by atomic mass is 10.2. The van der Waals surface area contributed by atoms with Crippen LogP contribution in [0.25, 0.3) is 0 Å². The summed E-state index contributed by atoms with van der Waals surface area (Å²) >= 11 is 0. The summed E-state index contributed by atoms with van der Waals surface area (Å²) in [5.41, 5.74) is 0.804. The summed E-state index contributed by atoms with van der Waals surface area (Å²) in [5.74, 6) is 0.227. The molecule has 1 fully saturated rings. The van der Waals surface area contributed by atoms with Gasteiger partial charge in [0.15, 0.2) is 0 Å². The van der Waals surface area contributed by atoms with Crippen molar-refractivity contribution in [3.8, 4) is 5.75 Å². The molecule has 0 N–H and O–H groups in total. The number of benzene rings is 2. The Balaban J connectivity index is 1.43. The van der Waals surface area contributed by atoms with E-state index >= 15 is 0 Å². The van der Waals surface area contributed by atoms with Crippen LogP contribution >= 0.6 is 0 Å². The fraction of sp³-hybridized carbons (Fsp3) is 0.368. The van der Waals surface area contributed by atoms with Crippen molar-refractivity contribution >= 4 is 10.0 Å². The third-order valence-electron chi connectivity index (χ3n) is 4.39. The molecule has 1 heterocycles.